The molecule has 1 N–H and O–H groups in total. The van der Waals surface area contributed by atoms with Crippen LogP contribution in [0, 0.1) is 0 Å². The summed E-state index contributed by atoms with van der Waals surface area (Å²) >= 11 is 0. The number of piperidine rings is 1. The lowest BCUT2D eigenvalue weighted by Gasteiger charge is -2.46. The molecule has 0 saturated carbocycles. The number of hydrogen-bond acceptors (Lipinski definition) is 4. The van der Waals surface area contributed by atoms with E-state index >= 15 is 0 Å². The molecule has 2 heterocycles. The van der Waals surface area contributed by atoms with Crippen LogP contribution < -0.4 is 14.8 Å². The Morgan fingerprint density at radius 1 is 1.14 bits per heavy atom. The number of ether oxygens (including phenoxy) is 2. The summed E-state index contributed by atoms with van der Waals surface area (Å²) in [6.07, 6.45) is 4.66. The number of nitrogens with zero attached hydrogens (tertiary/aromatic N) is 1. The van der Waals surface area contributed by atoms with Gasteiger partial charge >= 0.3 is 0 Å². The van der Waals surface area contributed by atoms with E-state index < -0.39 is 0 Å². The Morgan fingerprint density at radius 2 is 1.82 bits per heavy atom. The zero-order valence-electron chi connectivity index (χ0n) is 14.1. The number of likely N-dealkylation sites (tertiary alicyclic amines) is 1. The Bertz CT molecular complexity index is 522. The molecular formula is C18H28N2O2. The lowest BCUT2D eigenvalue weighted by atomic mass is 9.75. The maximum atomic E-state index is 5.53. The molecule has 1 spiro atoms. The lowest BCUT2D eigenvalue weighted by Crippen LogP contribution is -2.54. The number of rotatable bonds is 4. The molecule has 1 fully saturated rings. The van der Waals surface area contributed by atoms with Crippen LogP contribution in [0.4, 0.5) is 0 Å². The van der Waals surface area contributed by atoms with Crippen molar-refractivity contribution in [3.8, 4) is 11.5 Å². The van der Waals surface area contributed by atoms with Crippen molar-refractivity contribution in [1.29, 1.82) is 0 Å². The topological polar surface area (TPSA) is 33.7 Å². The van der Waals surface area contributed by atoms with Crippen molar-refractivity contribution < 1.29 is 9.47 Å². The molecule has 1 saturated heterocycles. The highest BCUT2D eigenvalue weighted by atomic mass is 16.5. The molecule has 0 unspecified atom stereocenters. The maximum absolute atomic E-state index is 5.53. The predicted octanol–water partition coefficient (Wildman–Crippen LogP) is 2.55. The van der Waals surface area contributed by atoms with Gasteiger partial charge < -0.3 is 19.7 Å². The highest BCUT2D eigenvalue weighted by Crippen LogP contribution is 2.42. The molecule has 1 aromatic carbocycles. The normalized spacial score (nSPS) is 20.7. The zero-order chi connectivity index (χ0) is 15.6. The first-order valence-corrected chi connectivity index (χ1v) is 8.45. The summed E-state index contributed by atoms with van der Waals surface area (Å²) in [4.78, 5) is 2.59. The van der Waals surface area contributed by atoms with E-state index in [0.717, 1.165) is 24.5 Å². The van der Waals surface area contributed by atoms with Gasteiger partial charge in [-0.3, -0.25) is 0 Å². The summed E-state index contributed by atoms with van der Waals surface area (Å²) < 4.78 is 11.0. The first-order chi connectivity index (χ1) is 10.7. The SMILES string of the molecule is CCCN1CCC2(CC1)NCCc1cc(OC)c(OC)cc12. The third kappa shape index (κ3) is 2.70. The Balaban J connectivity index is 1.91. The van der Waals surface area contributed by atoms with Gasteiger partial charge in [-0.25, -0.2) is 0 Å². The van der Waals surface area contributed by atoms with Crippen molar-refractivity contribution in [3.05, 3.63) is 23.3 Å². The Labute approximate surface area is 133 Å². The van der Waals surface area contributed by atoms with Crippen molar-refractivity contribution in [2.24, 2.45) is 0 Å². The lowest BCUT2D eigenvalue weighted by molar-refractivity contribution is 0.129. The second kappa shape index (κ2) is 6.47. The fourth-order valence-corrected chi connectivity index (χ4v) is 4.03. The Morgan fingerprint density at radius 3 is 2.45 bits per heavy atom. The second-order valence-electron chi connectivity index (χ2n) is 6.46. The summed E-state index contributed by atoms with van der Waals surface area (Å²) in [6, 6.07) is 4.38. The quantitative estimate of drug-likeness (QED) is 0.927. The van der Waals surface area contributed by atoms with Crippen LogP contribution in [0.25, 0.3) is 0 Å². The third-order valence-electron chi connectivity index (χ3n) is 5.23. The molecule has 4 heteroatoms. The molecule has 0 amide bonds. The predicted molar refractivity (Wildman–Crippen MR) is 88.9 cm³/mol. The fraction of sp³-hybridized carbons (Fsp3) is 0.667. The first kappa shape index (κ1) is 15.6. The van der Waals surface area contributed by atoms with Crippen LogP contribution in [-0.4, -0.2) is 45.3 Å². The largest absolute Gasteiger partial charge is 0.493 e. The van der Waals surface area contributed by atoms with E-state index in [9.17, 15) is 0 Å². The molecule has 2 aliphatic heterocycles. The molecule has 1 aromatic rings. The Kier molecular flexibility index (Phi) is 4.59. The van der Waals surface area contributed by atoms with Gasteiger partial charge in [-0.05, 0) is 55.5 Å². The molecule has 0 atom stereocenters. The molecule has 0 aliphatic carbocycles. The molecule has 0 radical (unpaired) electrons. The van der Waals surface area contributed by atoms with Crippen molar-refractivity contribution in [2.75, 3.05) is 40.4 Å². The summed E-state index contributed by atoms with van der Waals surface area (Å²) in [7, 11) is 3.43. The van der Waals surface area contributed by atoms with Gasteiger partial charge in [0.1, 0.15) is 0 Å². The van der Waals surface area contributed by atoms with Crippen LogP contribution in [0.1, 0.15) is 37.3 Å². The summed E-state index contributed by atoms with van der Waals surface area (Å²) in [5, 5.41) is 3.82. The minimum Gasteiger partial charge on any atom is -0.493 e. The smallest absolute Gasteiger partial charge is 0.161 e. The van der Waals surface area contributed by atoms with E-state index in [-0.39, 0.29) is 5.54 Å². The molecule has 4 nitrogen and oxygen atoms in total. The molecule has 122 valence electrons. The van der Waals surface area contributed by atoms with E-state index in [2.05, 4.69) is 29.3 Å². The molecule has 22 heavy (non-hydrogen) atoms. The highest BCUT2D eigenvalue weighted by molar-refractivity contribution is 5.51. The van der Waals surface area contributed by atoms with Crippen LogP contribution >= 0.6 is 0 Å². The number of fused-ring (bicyclic) bond motifs is 2. The van der Waals surface area contributed by atoms with Crippen LogP contribution in [0.15, 0.2) is 12.1 Å². The van der Waals surface area contributed by atoms with Gasteiger partial charge in [0.2, 0.25) is 0 Å². The van der Waals surface area contributed by atoms with Crippen LogP contribution in [0.3, 0.4) is 0 Å². The van der Waals surface area contributed by atoms with E-state index in [1.54, 1.807) is 14.2 Å². The van der Waals surface area contributed by atoms with Gasteiger partial charge in [0, 0.05) is 25.2 Å². The van der Waals surface area contributed by atoms with Crippen molar-refractivity contribution in [3.63, 3.8) is 0 Å². The van der Waals surface area contributed by atoms with Gasteiger partial charge in [-0.15, -0.1) is 0 Å². The van der Waals surface area contributed by atoms with E-state index in [0.29, 0.717) is 0 Å². The Hall–Kier alpha value is -1.26. The second-order valence-corrected chi connectivity index (χ2v) is 6.46. The summed E-state index contributed by atoms with van der Waals surface area (Å²) in [5.41, 5.74) is 2.96. The number of hydrogen-bond donors (Lipinski definition) is 1. The zero-order valence-corrected chi connectivity index (χ0v) is 14.1. The number of methoxy groups -OCH3 is 2. The van der Waals surface area contributed by atoms with Gasteiger partial charge in [0.25, 0.3) is 0 Å². The molecule has 0 aromatic heterocycles. The van der Waals surface area contributed by atoms with E-state index in [1.165, 1.54) is 50.0 Å². The highest BCUT2D eigenvalue weighted by Gasteiger charge is 2.39. The molecule has 0 bridgehead atoms. The van der Waals surface area contributed by atoms with Crippen LogP contribution in [-0.2, 0) is 12.0 Å². The van der Waals surface area contributed by atoms with Gasteiger partial charge in [0.05, 0.1) is 14.2 Å². The van der Waals surface area contributed by atoms with Crippen molar-refractivity contribution >= 4 is 0 Å². The van der Waals surface area contributed by atoms with E-state index in [1.807, 2.05) is 0 Å². The third-order valence-corrected chi connectivity index (χ3v) is 5.23. The van der Waals surface area contributed by atoms with Crippen LogP contribution in [0.5, 0.6) is 11.5 Å². The van der Waals surface area contributed by atoms with Crippen molar-refractivity contribution in [1.82, 2.24) is 10.2 Å². The van der Waals surface area contributed by atoms with Crippen LogP contribution in [0.2, 0.25) is 0 Å². The average Bonchev–Trinajstić information content (AvgIpc) is 2.56. The van der Waals surface area contributed by atoms with E-state index in [4.69, 9.17) is 9.47 Å². The van der Waals surface area contributed by atoms with Crippen molar-refractivity contribution in [2.45, 2.75) is 38.1 Å². The molecule has 3 rings (SSSR count). The number of nitrogens with one attached hydrogen (secondary N) is 1. The first-order valence-electron chi connectivity index (χ1n) is 8.45. The standard InChI is InChI=1S/C18H28N2O2/c1-4-9-20-10-6-18(7-11-20)15-13-17(22-3)16(21-2)12-14(15)5-8-19-18/h12-13,19H,4-11H2,1-3H3. The number of benzene rings is 1. The molecular weight excluding hydrogens is 276 g/mol. The minimum atomic E-state index is 0.122. The summed E-state index contributed by atoms with van der Waals surface area (Å²) in [5.74, 6) is 1.70. The van der Waals surface area contributed by atoms with Gasteiger partial charge in [0.15, 0.2) is 11.5 Å². The van der Waals surface area contributed by atoms with Gasteiger partial charge in [-0.1, -0.05) is 6.92 Å². The molecule has 2 aliphatic rings. The maximum Gasteiger partial charge on any atom is 0.161 e. The van der Waals surface area contributed by atoms with Gasteiger partial charge in [-0.2, -0.15) is 0 Å². The summed E-state index contributed by atoms with van der Waals surface area (Å²) in [6.45, 7) is 6.88. The minimum absolute atomic E-state index is 0.122. The fourth-order valence-electron chi connectivity index (χ4n) is 4.03. The average molecular weight is 304 g/mol. The monoisotopic (exact) mass is 304 g/mol.